The molecule has 0 saturated carbocycles. The van der Waals surface area contributed by atoms with Gasteiger partial charge in [-0.2, -0.15) is 0 Å². The molecule has 0 unspecified atom stereocenters. The highest BCUT2D eigenvalue weighted by Crippen LogP contribution is 2.23. The van der Waals surface area contributed by atoms with Crippen LogP contribution in [0.3, 0.4) is 0 Å². The average Bonchev–Trinajstić information content (AvgIpc) is 3.16. The number of amides is 1. The Morgan fingerprint density at radius 1 is 0.893 bits per heavy atom. The Labute approximate surface area is 165 Å². The molecule has 1 heterocycles. The van der Waals surface area contributed by atoms with E-state index in [1.54, 1.807) is 24.3 Å². The second-order valence-corrected chi connectivity index (χ2v) is 6.23. The lowest BCUT2D eigenvalue weighted by molar-refractivity contribution is 0.0978. The Morgan fingerprint density at radius 3 is 2.54 bits per heavy atom. The van der Waals surface area contributed by atoms with Crippen molar-refractivity contribution in [3.63, 3.8) is 0 Å². The van der Waals surface area contributed by atoms with E-state index < -0.39 is 0 Å². The molecule has 3 aromatic carbocycles. The highest BCUT2D eigenvalue weighted by Gasteiger charge is 2.11. The van der Waals surface area contributed by atoms with Crippen molar-refractivity contribution in [1.29, 1.82) is 0 Å². The number of carbonyl (C=O) groups is 1. The van der Waals surface area contributed by atoms with E-state index in [0.717, 1.165) is 5.75 Å². The molecule has 28 heavy (non-hydrogen) atoms. The highest BCUT2D eigenvalue weighted by atomic mass is 32.1. The second-order valence-electron chi connectivity index (χ2n) is 5.82. The predicted molar refractivity (Wildman–Crippen MR) is 108 cm³/mol. The zero-order chi connectivity index (χ0) is 19.3. The lowest BCUT2D eigenvalue weighted by atomic mass is 10.2. The monoisotopic (exact) mass is 390 g/mol. The molecule has 4 aromatic rings. The second kappa shape index (κ2) is 7.85. The van der Waals surface area contributed by atoms with Crippen molar-refractivity contribution in [2.45, 2.75) is 0 Å². The molecule has 8 heteroatoms. The number of carbonyl (C=O) groups excluding carboxylic acids is 1. The van der Waals surface area contributed by atoms with Crippen molar-refractivity contribution in [2.75, 3.05) is 5.32 Å². The van der Waals surface area contributed by atoms with Crippen LogP contribution in [0.2, 0.25) is 0 Å². The fourth-order valence-corrected chi connectivity index (χ4v) is 2.73. The molecule has 4 rings (SSSR count). The van der Waals surface area contributed by atoms with Crippen LogP contribution in [-0.2, 0) is 0 Å². The summed E-state index contributed by atoms with van der Waals surface area (Å²) in [5.74, 6) is 1.02. The maximum absolute atomic E-state index is 12.4. The van der Waals surface area contributed by atoms with Crippen LogP contribution >= 0.6 is 12.2 Å². The van der Waals surface area contributed by atoms with E-state index in [1.807, 2.05) is 48.5 Å². The molecule has 0 aliphatic carbocycles. The molecule has 1 aromatic heterocycles. The first-order valence-electron chi connectivity index (χ1n) is 8.35. The SMILES string of the molecule is O=C(NC(=S)Nc1cccc(Oc2ccccc2)c1)c1ccc2nonc2c1. The fourth-order valence-electron chi connectivity index (χ4n) is 2.52. The maximum Gasteiger partial charge on any atom is 0.257 e. The summed E-state index contributed by atoms with van der Waals surface area (Å²) in [4.78, 5) is 12.4. The van der Waals surface area contributed by atoms with E-state index >= 15 is 0 Å². The summed E-state index contributed by atoms with van der Waals surface area (Å²) in [7, 11) is 0. The molecule has 1 amide bonds. The van der Waals surface area contributed by atoms with Gasteiger partial charge >= 0.3 is 0 Å². The Morgan fingerprint density at radius 2 is 1.68 bits per heavy atom. The van der Waals surface area contributed by atoms with Gasteiger partial charge in [0.05, 0.1) is 0 Å². The number of nitrogens with zero attached hydrogens (tertiary/aromatic N) is 2. The van der Waals surface area contributed by atoms with Crippen LogP contribution in [0.25, 0.3) is 11.0 Å². The van der Waals surface area contributed by atoms with E-state index in [0.29, 0.717) is 28.0 Å². The minimum absolute atomic E-state index is 0.167. The van der Waals surface area contributed by atoms with Gasteiger partial charge in [-0.15, -0.1) is 0 Å². The molecular formula is C20H14N4O3S. The highest BCUT2D eigenvalue weighted by molar-refractivity contribution is 7.80. The van der Waals surface area contributed by atoms with Crippen LogP contribution in [0.4, 0.5) is 5.69 Å². The summed E-state index contributed by atoms with van der Waals surface area (Å²) in [6.07, 6.45) is 0. The Bertz CT molecular complexity index is 1140. The van der Waals surface area contributed by atoms with Gasteiger partial charge in [0.1, 0.15) is 22.5 Å². The number of rotatable bonds is 4. The molecule has 0 aliphatic rings. The average molecular weight is 390 g/mol. The van der Waals surface area contributed by atoms with Crippen molar-refractivity contribution >= 4 is 40.0 Å². The minimum Gasteiger partial charge on any atom is -0.457 e. The first-order chi connectivity index (χ1) is 13.7. The number of ether oxygens (including phenoxy) is 1. The number of anilines is 1. The largest absolute Gasteiger partial charge is 0.457 e. The molecular weight excluding hydrogens is 376 g/mol. The predicted octanol–water partition coefficient (Wildman–Crippen LogP) is 4.14. The van der Waals surface area contributed by atoms with Crippen molar-refractivity contribution < 1.29 is 14.2 Å². The molecule has 0 spiro atoms. The third kappa shape index (κ3) is 4.13. The Kier molecular flexibility index (Phi) is 4.94. The molecule has 2 N–H and O–H groups in total. The summed E-state index contributed by atoms with van der Waals surface area (Å²) in [6, 6.07) is 21.6. The fraction of sp³-hybridized carbons (Fsp3) is 0. The van der Waals surface area contributed by atoms with E-state index in [1.165, 1.54) is 0 Å². The number of thiocarbonyl (C=S) groups is 1. The van der Waals surface area contributed by atoms with Crippen molar-refractivity contribution in [1.82, 2.24) is 15.6 Å². The van der Waals surface area contributed by atoms with Crippen LogP contribution < -0.4 is 15.4 Å². The maximum atomic E-state index is 12.4. The van der Waals surface area contributed by atoms with Gasteiger partial charge in [-0.25, -0.2) is 4.63 Å². The minimum atomic E-state index is -0.362. The van der Waals surface area contributed by atoms with Crippen molar-refractivity contribution in [3.8, 4) is 11.5 Å². The van der Waals surface area contributed by atoms with Gasteiger partial charge in [-0.05, 0) is 65.0 Å². The molecule has 0 radical (unpaired) electrons. The normalized spacial score (nSPS) is 10.4. The van der Waals surface area contributed by atoms with E-state index in [4.69, 9.17) is 17.0 Å². The standard InChI is InChI=1S/C20H14N4O3S/c25-19(13-9-10-17-18(11-13)24-27-23-17)22-20(28)21-14-5-4-8-16(12-14)26-15-6-2-1-3-7-15/h1-12H,(H2,21,22,25,28). The van der Waals surface area contributed by atoms with E-state index in [-0.39, 0.29) is 11.0 Å². The molecule has 0 atom stereocenters. The van der Waals surface area contributed by atoms with Gasteiger partial charge in [-0.1, -0.05) is 24.3 Å². The van der Waals surface area contributed by atoms with Crippen LogP contribution in [0.1, 0.15) is 10.4 Å². The molecule has 0 saturated heterocycles. The van der Waals surface area contributed by atoms with Gasteiger partial charge in [0.2, 0.25) is 0 Å². The third-order valence-corrected chi connectivity index (χ3v) is 4.02. The van der Waals surface area contributed by atoms with Crippen molar-refractivity contribution in [3.05, 3.63) is 78.4 Å². The van der Waals surface area contributed by atoms with E-state index in [2.05, 4.69) is 25.6 Å². The lowest BCUT2D eigenvalue weighted by Crippen LogP contribution is -2.34. The first-order valence-corrected chi connectivity index (χ1v) is 8.76. The topological polar surface area (TPSA) is 89.3 Å². The quantitative estimate of drug-likeness (QED) is 0.506. The number of fused-ring (bicyclic) bond motifs is 1. The van der Waals surface area contributed by atoms with Crippen LogP contribution in [0.15, 0.2) is 77.4 Å². The van der Waals surface area contributed by atoms with Crippen LogP contribution in [0, 0.1) is 0 Å². The van der Waals surface area contributed by atoms with Crippen molar-refractivity contribution in [2.24, 2.45) is 0 Å². The number of nitrogens with one attached hydrogen (secondary N) is 2. The van der Waals surface area contributed by atoms with Gasteiger partial charge in [0.25, 0.3) is 5.91 Å². The summed E-state index contributed by atoms with van der Waals surface area (Å²) >= 11 is 5.23. The van der Waals surface area contributed by atoms with Gasteiger partial charge in [0, 0.05) is 17.3 Å². The first kappa shape index (κ1) is 17.6. The zero-order valence-corrected chi connectivity index (χ0v) is 15.3. The van der Waals surface area contributed by atoms with Crippen LogP contribution in [0.5, 0.6) is 11.5 Å². The molecule has 0 aliphatic heterocycles. The van der Waals surface area contributed by atoms with Gasteiger partial charge in [0.15, 0.2) is 5.11 Å². The molecule has 0 fully saturated rings. The van der Waals surface area contributed by atoms with E-state index in [9.17, 15) is 4.79 Å². The molecule has 7 nitrogen and oxygen atoms in total. The number of para-hydroxylation sites is 1. The Balaban J connectivity index is 1.40. The summed E-state index contributed by atoms with van der Waals surface area (Å²) in [5.41, 5.74) is 2.16. The van der Waals surface area contributed by atoms with Crippen LogP contribution in [-0.4, -0.2) is 21.3 Å². The molecule has 0 bridgehead atoms. The number of aromatic nitrogens is 2. The summed E-state index contributed by atoms with van der Waals surface area (Å²) in [6.45, 7) is 0. The van der Waals surface area contributed by atoms with Gasteiger partial charge in [-0.3, -0.25) is 10.1 Å². The number of hydrogen-bond donors (Lipinski definition) is 2. The molecule has 138 valence electrons. The lowest BCUT2D eigenvalue weighted by Gasteiger charge is -2.11. The smallest absolute Gasteiger partial charge is 0.257 e. The number of benzene rings is 3. The van der Waals surface area contributed by atoms with Gasteiger partial charge < -0.3 is 10.1 Å². The Hall–Kier alpha value is -3.78. The summed E-state index contributed by atoms with van der Waals surface area (Å²) < 4.78 is 10.4. The summed E-state index contributed by atoms with van der Waals surface area (Å²) in [5, 5.41) is 13.2. The third-order valence-electron chi connectivity index (χ3n) is 3.81. The number of hydrogen-bond acceptors (Lipinski definition) is 6. The zero-order valence-electron chi connectivity index (χ0n) is 14.5.